The first-order valence-electron chi connectivity index (χ1n) is 9.60. The molecule has 0 bridgehead atoms. The summed E-state index contributed by atoms with van der Waals surface area (Å²) >= 11 is 0. The van der Waals surface area contributed by atoms with Gasteiger partial charge in [0.1, 0.15) is 0 Å². The van der Waals surface area contributed by atoms with Gasteiger partial charge < -0.3 is 14.2 Å². The van der Waals surface area contributed by atoms with Crippen LogP contribution in [-0.4, -0.2) is 26.1 Å². The summed E-state index contributed by atoms with van der Waals surface area (Å²) in [5.41, 5.74) is 2.58. The second kappa shape index (κ2) is 9.86. The van der Waals surface area contributed by atoms with Crippen molar-refractivity contribution in [1.82, 2.24) is 0 Å². The van der Waals surface area contributed by atoms with Crippen LogP contribution in [0.3, 0.4) is 0 Å². The fraction of sp³-hybridized carbons (Fsp3) is 0.478. The Hall–Kier alpha value is -1.68. The van der Waals surface area contributed by atoms with Crippen molar-refractivity contribution in [3.05, 3.63) is 71.8 Å². The zero-order valence-electron chi connectivity index (χ0n) is 15.8. The molecule has 4 atom stereocenters. The molecule has 3 heteroatoms. The fourth-order valence-electron chi connectivity index (χ4n) is 3.77. The van der Waals surface area contributed by atoms with Crippen LogP contribution < -0.4 is 0 Å². The summed E-state index contributed by atoms with van der Waals surface area (Å²) in [6, 6.07) is 21.0. The number of aryl methyl sites for hydroxylation is 1. The van der Waals surface area contributed by atoms with Crippen LogP contribution in [0.25, 0.3) is 0 Å². The first kappa shape index (κ1) is 19.1. The van der Waals surface area contributed by atoms with E-state index in [1.807, 2.05) is 6.07 Å². The van der Waals surface area contributed by atoms with Gasteiger partial charge in [0, 0.05) is 20.1 Å². The molecule has 2 aromatic rings. The van der Waals surface area contributed by atoms with E-state index >= 15 is 0 Å². The molecule has 1 fully saturated rings. The molecule has 140 valence electrons. The van der Waals surface area contributed by atoms with Crippen molar-refractivity contribution in [2.45, 2.75) is 45.2 Å². The lowest BCUT2D eigenvalue weighted by Gasteiger charge is -2.24. The monoisotopic (exact) mass is 354 g/mol. The highest BCUT2D eigenvalue weighted by Crippen LogP contribution is 2.35. The zero-order chi connectivity index (χ0) is 18.2. The zero-order valence-corrected chi connectivity index (χ0v) is 15.8. The minimum atomic E-state index is -0.0858. The van der Waals surface area contributed by atoms with Gasteiger partial charge in [0.05, 0.1) is 12.7 Å². The molecule has 0 aromatic heterocycles. The van der Waals surface area contributed by atoms with Crippen LogP contribution in [0.5, 0.6) is 0 Å². The van der Waals surface area contributed by atoms with Crippen molar-refractivity contribution in [1.29, 1.82) is 0 Å². The molecule has 1 heterocycles. The normalized spacial score (nSPS) is 23.8. The molecule has 1 saturated heterocycles. The number of ether oxygens (including phenoxy) is 3. The van der Waals surface area contributed by atoms with Crippen LogP contribution in [0, 0.1) is 11.8 Å². The Balaban J connectivity index is 1.51. The van der Waals surface area contributed by atoms with E-state index in [1.165, 1.54) is 11.1 Å². The van der Waals surface area contributed by atoms with Gasteiger partial charge in [0.2, 0.25) is 0 Å². The van der Waals surface area contributed by atoms with Gasteiger partial charge in [-0.2, -0.15) is 0 Å². The smallest absolute Gasteiger partial charge is 0.157 e. The van der Waals surface area contributed by atoms with Crippen molar-refractivity contribution in [3.63, 3.8) is 0 Å². The van der Waals surface area contributed by atoms with E-state index in [0.29, 0.717) is 18.4 Å². The molecule has 0 saturated carbocycles. The van der Waals surface area contributed by atoms with Crippen molar-refractivity contribution >= 4 is 0 Å². The molecular formula is C23H30O3. The van der Waals surface area contributed by atoms with Gasteiger partial charge in [-0.05, 0) is 35.8 Å². The van der Waals surface area contributed by atoms with E-state index < -0.39 is 0 Å². The van der Waals surface area contributed by atoms with Gasteiger partial charge in [-0.15, -0.1) is 0 Å². The molecular weight excluding hydrogens is 324 g/mol. The minimum absolute atomic E-state index is 0.0858. The van der Waals surface area contributed by atoms with Crippen molar-refractivity contribution in [2.24, 2.45) is 11.8 Å². The largest absolute Gasteiger partial charge is 0.376 e. The predicted octanol–water partition coefficient (Wildman–Crippen LogP) is 4.85. The van der Waals surface area contributed by atoms with Crippen LogP contribution in [-0.2, 0) is 27.2 Å². The van der Waals surface area contributed by atoms with E-state index in [9.17, 15) is 0 Å². The summed E-state index contributed by atoms with van der Waals surface area (Å²) in [7, 11) is 1.73. The predicted molar refractivity (Wildman–Crippen MR) is 104 cm³/mol. The van der Waals surface area contributed by atoms with Crippen LogP contribution in [0.4, 0.5) is 0 Å². The van der Waals surface area contributed by atoms with E-state index in [2.05, 4.69) is 61.5 Å². The van der Waals surface area contributed by atoms with Crippen LogP contribution >= 0.6 is 0 Å². The van der Waals surface area contributed by atoms with Gasteiger partial charge in [-0.1, -0.05) is 67.6 Å². The Morgan fingerprint density at radius 1 is 1.00 bits per heavy atom. The maximum Gasteiger partial charge on any atom is 0.157 e. The second-order valence-electron chi connectivity index (χ2n) is 7.24. The molecule has 3 rings (SSSR count). The first-order chi connectivity index (χ1) is 12.8. The number of benzene rings is 2. The third-order valence-corrected chi connectivity index (χ3v) is 5.32. The summed E-state index contributed by atoms with van der Waals surface area (Å²) in [5, 5.41) is 0. The van der Waals surface area contributed by atoms with E-state index in [-0.39, 0.29) is 12.4 Å². The fourth-order valence-corrected chi connectivity index (χ4v) is 3.77. The van der Waals surface area contributed by atoms with Crippen LogP contribution in [0.15, 0.2) is 60.7 Å². The van der Waals surface area contributed by atoms with E-state index in [4.69, 9.17) is 14.2 Å². The average Bonchev–Trinajstić information content (AvgIpc) is 3.11. The molecule has 3 nitrogen and oxygen atoms in total. The summed E-state index contributed by atoms with van der Waals surface area (Å²) in [6.45, 7) is 3.69. The van der Waals surface area contributed by atoms with Gasteiger partial charge in [-0.3, -0.25) is 0 Å². The maximum atomic E-state index is 6.15. The third kappa shape index (κ3) is 5.41. The summed E-state index contributed by atoms with van der Waals surface area (Å²) in [6.07, 6.45) is 3.16. The van der Waals surface area contributed by atoms with Crippen molar-refractivity contribution in [3.8, 4) is 0 Å². The van der Waals surface area contributed by atoms with Crippen LogP contribution in [0.1, 0.15) is 30.9 Å². The lowest BCUT2D eigenvalue weighted by atomic mass is 9.86. The Morgan fingerprint density at radius 3 is 2.31 bits per heavy atom. The highest BCUT2D eigenvalue weighted by Gasteiger charge is 2.38. The first-order valence-corrected chi connectivity index (χ1v) is 9.60. The molecule has 1 aliphatic heterocycles. The molecule has 0 unspecified atom stereocenters. The summed E-state index contributed by atoms with van der Waals surface area (Å²) in [5.74, 6) is 0.916. The number of hydrogen-bond donors (Lipinski definition) is 0. The Kier molecular flexibility index (Phi) is 7.24. The van der Waals surface area contributed by atoms with Gasteiger partial charge in [-0.25, -0.2) is 0 Å². The lowest BCUT2D eigenvalue weighted by Crippen LogP contribution is -2.26. The van der Waals surface area contributed by atoms with Gasteiger partial charge >= 0.3 is 0 Å². The molecule has 1 aliphatic rings. The van der Waals surface area contributed by atoms with Gasteiger partial charge in [0.15, 0.2) is 6.29 Å². The third-order valence-electron chi connectivity index (χ3n) is 5.32. The topological polar surface area (TPSA) is 27.7 Å². The van der Waals surface area contributed by atoms with E-state index in [1.54, 1.807) is 7.11 Å². The van der Waals surface area contributed by atoms with Gasteiger partial charge in [0.25, 0.3) is 0 Å². The lowest BCUT2D eigenvalue weighted by molar-refractivity contribution is -0.118. The molecule has 2 aromatic carbocycles. The quantitative estimate of drug-likeness (QED) is 0.644. The minimum Gasteiger partial charge on any atom is -0.376 e. The number of methoxy groups -OCH3 is 1. The Bertz CT molecular complexity index is 628. The summed E-state index contributed by atoms with van der Waals surface area (Å²) < 4.78 is 17.6. The standard InChI is InChI=1S/C23H30O3/c1-18(16-25-17-20-11-7-4-8-12-20)21-15-23(24-2)26-22(21)14-13-19-9-5-3-6-10-19/h3-12,18,21-23H,13-17H2,1-2H3/t18-,21-,22+,23-/m1/s1. The summed E-state index contributed by atoms with van der Waals surface area (Å²) in [4.78, 5) is 0. The molecule has 0 spiro atoms. The average molecular weight is 354 g/mol. The molecule has 0 aliphatic carbocycles. The molecule has 26 heavy (non-hydrogen) atoms. The molecule has 0 N–H and O–H groups in total. The Labute approximate surface area is 157 Å². The van der Waals surface area contributed by atoms with Crippen molar-refractivity contribution in [2.75, 3.05) is 13.7 Å². The van der Waals surface area contributed by atoms with E-state index in [0.717, 1.165) is 25.9 Å². The van der Waals surface area contributed by atoms with Crippen molar-refractivity contribution < 1.29 is 14.2 Å². The Morgan fingerprint density at radius 2 is 1.65 bits per heavy atom. The highest BCUT2D eigenvalue weighted by molar-refractivity contribution is 5.15. The highest BCUT2D eigenvalue weighted by atomic mass is 16.7. The SMILES string of the molecule is CO[C@H]1C[C@H]([C@H](C)COCc2ccccc2)[C@H](CCc2ccccc2)O1. The molecule has 0 amide bonds. The maximum absolute atomic E-state index is 6.15. The number of rotatable bonds is 9. The number of hydrogen-bond acceptors (Lipinski definition) is 3. The van der Waals surface area contributed by atoms with Crippen LogP contribution in [0.2, 0.25) is 0 Å². The molecule has 0 radical (unpaired) electrons. The second-order valence-corrected chi connectivity index (χ2v) is 7.24.